The van der Waals surface area contributed by atoms with Crippen LogP contribution in [0, 0.1) is 0 Å². The number of nitrogens with one attached hydrogen (secondary N) is 1. The van der Waals surface area contributed by atoms with E-state index in [2.05, 4.69) is 5.32 Å². The molecule has 0 spiro atoms. The summed E-state index contributed by atoms with van der Waals surface area (Å²) in [5, 5.41) is 2.56. The van der Waals surface area contributed by atoms with Gasteiger partial charge in [-0.25, -0.2) is 0 Å². The van der Waals surface area contributed by atoms with Crippen LogP contribution < -0.4 is 5.32 Å². The Balaban J connectivity index is 2.48. The molecular weight excluding hydrogens is 118 g/mol. The molecular formula is C6H9NO2. The molecule has 0 bridgehead atoms. The quantitative estimate of drug-likeness (QED) is 0.532. The van der Waals surface area contributed by atoms with Crippen molar-refractivity contribution in [2.24, 2.45) is 0 Å². The Kier molecular flexibility index (Phi) is 1.51. The lowest BCUT2D eigenvalue weighted by Crippen LogP contribution is -2.31. The van der Waals surface area contributed by atoms with Crippen LogP contribution in [0.15, 0.2) is 0 Å². The summed E-state index contributed by atoms with van der Waals surface area (Å²) >= 11 is 0. The Morgan fingerprint density at radius 2 is 2.44 bits per heavy atom. The topological polar surface area (TPSA) is 46.2 Å². The van der Waals surface area contributed by atoms with E-state index >= 15 is 0 Å². The summed E-state index contributed by atoms with van der Waals surface area (Å²) in [6, 6.07) is -0.197. The second-order valence-electron chi connectivity index (χ2n) is 2.27. The number of hydrogen-bond acceptors (Lipinski definition) is 2. The van der Waals surface area contributed by atoms with Gasteiger partial charge in [0.05, 0.1) is 6.04 Å². The van der Waals surface area contributed by atoms with Gasteiger partial charge in [0.15, 0.2) is 5.78 Å². The molecule has 1 fully saturated rings. The van der Waals surface area contributed by atoms with E-state index in [1.807, 2.05) is 0 Å². The first-order valence-corrected chi connectivity index (χ1v) is 3.00. The van der Waals surface area contributed by atoms with E-state index < -0.39 is 0 Å². The van der Waals surface area contributed by atoms with E-state index in [0.29, 0.717) is 12.8 Å². The van der Waals surface area contributed by atoms with E-state index in [4.69, 9.17) is 0 Å². The predicted octanol–water partition coefficient (Wildman–Crippen LogP) is -0.146. The van der Waals surface area contributed by atoms with Crippen LogP contribution in [0.2, 0.25) is 0 Å². The van der Waals surface area contributed by atoms with Crippen LogP contribution >= 0.6 is 0 Å². The summed E-state index contributed by atoms with van der Waals surface area (Å²) in [5.74, 6) is 0.0519. The molecule has 1 atom stereocenters. The van der Waals surface area contributed by atoms with Crippen molar-refractivity contribution in [2.75, 3.05) is 0 Å². The molecule has 1 amide bonds. The number of hydrogen-bond donors (Lipinski definition) is 1. The second kappa shape index (κ2) is 2.17. The molecule has 0 aromatic heterocycles. The molecule has 0 aromatic carbocycles. The van der Waals surface area contributed by atoms with E-state index in [1.165, 1.54) is 6.92 Å². The molecule has 0 radical (unpaired) electrons. The summed E-state index contributed by atoms with van der Waals surface area (Å²) < 4.78 is 0. The Labute approximate surface area is 53.4 Å². The average molecular weight is 127 g/mol. The zero-order chi connectivity index (χ0) is 6.85. The zero-order valence-electron chi connectivity index (χ0n) is 5.31. The van der Waals surface area contributed by atoms with Crippen molar-refractivity contribution in [3.05, 3.63) is 0 Å². The highest BCUT2D eigenvalue weighted by Crippen LogP contribution is 2.06. The fraction of sp³-hybridized carbons (Fsp3) is 0.667. The molecule has 3 heteroatoms. The molecule has 1 saturated heterocycles. The first kappa shape index (κ1) is 6.26. The van der Waals surface area contributed by atoms with Crippen molar-refractivity contribution in [2.45, 2.75) is 25.8 Å². The molecule has 9 heavy (non-hydrogen) atoms. The van der Waals surface area contributed by atoms with Crippen LogP contribution in [0.1, 0.15) is 19.8 Å². The first-order valence-electron chi connectivity index (χ1n) is 3.00. The summed E-state index contributed by atoms with van der Waals surface area (Å²) in [4.78, 5) is 21.1. The molecule has 0 aliphatic carbocycles. The number of carbonyl (C=O) groups excluding carboxylic acids is 2. The van der Waals surface area contributed by atoms with Crippen molar-refractivity contribution in [1.29, 1.82) is 0 Å². The maximum atomic E-state index is 10.6. The fourth-order valence-corrected chi connectivity index (χ4v) is 0.919. The summed E-state index contributed by atoms with van der Waals surface area (Å²) in [6.07, 6.45) is 1.18. The van der Waals surface area contributed by atoms with Crippen molar-refractivity contribution in [3.8, 4) is 0 Å². The highest BCUT2D eigenvalue weighted by molar-refractivity contribution is 5.90. The van der Waals surface area contributed by atoms with Gasteiger partial charge in [-0.3, -0.25) is 9.59 Å². The Morgan fingerprint density at radius 1 is 1.78 bits per heavy atom. The van der Waals surface area contributed by atoms with E-state index in [0.717, 1.165) is 0 Å². The summed E-state index contributed by atoms with van der Waals surface area (Å²) in [6.45, 7) is 1.50. The van der Waals surface area contributed by atoms with Crippen molar-refractivity contribution in [3.63, 3.8) is 0 Å². The highest BCUT2D eigenvalue weighted by atomic mass is 16.2. The van der Waals surface area contributed by atoms with Gasteiger partial charge in [0.25, 0.3) is 0 Å². The van der Waals surface area contributed by atoms with E-state index in [1.54, 1.807) is 0 Å². The number of ketones is 1. The van der Waals surface area contributed by atoms with Crippen LogP contribution in [0.5, 0.6) is 0 Å². The van der Waals surface area contributed by atoms with Crippen molar-refractivity contribution < 1.29 is 9.59 Å². The molecule has 0 unspecified atom stereocenters. The lowest BCUT2D eigenvalue weighted by atomic mass is 10.2. The standard InChI is InChI=1S/C6H9NO2/c1-4(8)5-2-3-6(9)7-5/h5H,2-3H2,1H3,(H,7,9)/t5-/m1/s1. The van der Waals surface area contributed by atoms with Gasteiger partial charge in [0.2, 0.25) is 5.91 Å². The Morgan fingerprint density at radius 3 is 2.67 bits per heavy atom. The third-order valence-corrected chi connectivity index (χ3v) is 1.49. The van der Waals surface area contributed by atoms with Gasteiger partial charge < -0.3 is 5.32 Å². The van der Waals surface area contributed by atoms with Crippen LogP contribution in [-0.4, -0.2) is 17.7 Å². The third-order valence-electron chi connectivity index (χ3n) is 1.49. The fourth-order valence-electron chi connectivity index (χ4n) is 0.919. The molecule has 1 N–H and O–H groups in total. The minimum absolute atomic E-state index is 0.00444. The number of carbonyl (C=O) groups is 2. The predicted molar refractivity (Wildman–Crippen MR) is 31.8 cm³/mol. The van der Waals surface area contributed by atoms with Gasteiger partial charge in [0, 0.05) is 6.42 Å². The van der Waals surface area contributed by atoms with Crippen molar-refractivity contribution in [1.82, 2.24) is 5.32 Å². The van der Waals surface area contributed by atoms with Gasteiger partial charge in [-0.15, -0.1) is 0 Å². The lowest BCUT2D eigenvalue weighted by molar-refractivity contribution is -0.123. The molecule has 0 saturated carbocycles. The largest absolute Gasteiger partial charge is 0.346 e. The van der Waals surface area contributed by atoms with Crippen LogP contribution in [-0.2, 0) is 9.59 Å². The van der Waals surface area contributed by atoms with Gasteiger partial charge in [-0.2, -0.15) is 0 Å². The SMILES string of the molecule is CC(=O)[C@H]1CCC(=O)N1. The van der Waals surface area contributed by atoms with E-state index in [-0.39, 0.29) is 17.7 Å². The molecule has 1 aliphatic heterocycles. The zero-order valence-corrected chi connectivity index (χ0v) is 5.31. The minimum Gasteiger partial charge on any atom is -0.346 e. The van der Waals surface area contributed by atoms with Gasteiger partial charge in [-0.1, -0.05) is 0 Å². The molecule has 1 rings (SSSR count). The van der Waals surface area contributed by atoms with Crippen LogP contribution in [0.3, 0.4) is 0 Å². The van der Waals surface area contributed by atoms with Gasteiger partial charge in [0.1, 0.15) is 0 Å². The van der Waals surface area contributed by atoms with E-state index in [9.17, 15) is 9.59 Å². The number of rotatable bonds is 1. The Bertz CT molecular complexity index is 153. The molecule has 50 valence electrons. The molecule has 0 aromatic rings. The summed E-state index contributed by atoms with van der Waals surface area (Å²) in [5.41, 5.74) is 0. The van der Waals surface area contributed by atoms with Gasteiger partial charge >= 0.3 is 0 Å². The number of Topliss-reactive ketones (excluding diaryl/α,β-unsaturated/α-hetero) is 1. The highest BCUT2D eigenvalue weighted by Gasteiger charge is 2.23. The number of amides is 1. The van der Waals surface area contributed by atoms with Crippen LogP contribution in [0.4, 0.5) is 0 Å². The third kappa shape index (κ3) is 1.28. The Hall–Kier alpha value is -0.860. The average Bonchev–Trinajstić information content (AvgIpc) is 2.14. The minimum atomic E-state index is -0.197. The van der Waals surface area contributed by atoms with Crippen LogP contribution in [0.25, 0.3) is 0 Å². The maximum absolute atomic E-state index is 10.6. The second-order valence-corrected chi connectivity index (χ2v) is 2.27. The molecule has 1 heterocycles. The maximum Gasteiger partial charge on any atom is 0.220 e. The smallest absolute Gasteiger partial charge is 0.220 e. The normalized spacial score (nSPS) is 25.9. The molecule has 3 nitrogen and oxygen atoms in total. The first-order chi connectivity index (χ1) is 4.20. The van der Waals surface area contributed by atoms with Crippen molar-refractivity contribution >= 4 is 11.7 Å². The monoisotopic (exact) mass is 127 g/mol. The molecule has 1 aliphatic rings. The van der Waals surface area contributed by atoms with Gasteiger partial charge in [-0.05, 0) is 13.3 Å². The summed E-state index contributed by atoms with van der Waals surface area (Å²) in [7, 11) is 0. The lowest BCUT2D eigenvalue weighted by Gasteiger charge is -2.01.